The number of hydrogen-bond donors (Lipinski definition) is 3. The van der Waals surface area contributed by atoms with Gasteiger partial charge in [-0.15, -0.1) is 10.2 Å². The Balaban J connectivity index is 2.30. The molecule has 17 heteroatoms. The van der Waals surface area contributed by atoms with Gasteiger partial charge in [-0.2, -0.15) is 26.3 Å². The van der Waals surface area contributed by atoms with E-state index >= 15 is 0 Å². The van der Waals surface area contributed by atoms with Crippen molar-refractivity contribution < 1.29 is 55.3 Å². The molecule has 11 nitrogen and oxygen atoms in total. The van der Waals surface area contributed by atoms with Gasteiger partial charge < -0.3 is 24.3 Å². The molecule has 40 heavy (non-hydrogen) atoms. The fourth-order valence-electron chi connectivity index (χ4n) is 3.94. The second-order valence-corrected chi connectivity index (χ2v) is 10.1. The fourth-order valence-corrected chi connectivity index (χ4v) is 3.94. The van der Waals surface area contributed by atoms with E-state index in [-0.39, 0.29) is 32.2 Å². The predicted octanol–water partition coefficient (Wildman–Crippen LogP) is 5.10. The number of carbonyl (C=O) groups excluding carboxylic acids is 1. The minimum Gasteiger partial charge on any atom is -0.480 e. The summed E-state index contributed by atoms with van der Waals surface area (Å²) in [6, 6.07) is 0.419. The molecule has 1 aliphatic heterocycles. The van der Waals surface area contributed by atoms with Crippen LogP contribution in [0.25, 0.3) is 11.6 Å². The number of alkyl halides is 6. The number of carbonyl (C=O) groups is 2. The molecule has 222 valence electrons. The van der Waals surface area contributed by atoms with Crippen LogP contribution in [-0.2, 0) is 21.3 Å². The Hall–Kier alpha value is -3.63. The van der Waals surface area contributed by atoms with E-state index in [1.165, 1.54) is 20.8 Å². The fraction of sp³-hybridized carbons (Fsp3) is 0.609. The average Bonchev–Trinajstić information content (AvgIpc) is 3.27. The second-order valence-electron chi connectivity index (χ2n) is 10.1. The molecule has 0 aliphatic carbocycles. The highest BCUT2D eigenvalue weighted by molar-refractivity contribution is 5.90. The van der Waals surface area contributed by atoms with Crippen LogP contribution in [0.3, 0.4) is 0 Å². The molecule has 0 fully saturated rings. The Kier molecular flexibility index (Phi) is 8.57. The van der Waals surface area contributed by atoms with Crippen LogP contribution in [0.1, 0.15) is 64.3 Å². The SMILES string of the molecule is CC(C)(C)OC(=O)Nc1cc(C(F)(F)F)c2nc1-c1nnc(o1)C(O)(C(F)(F)F)CCCCCCN2CC(=O)O. The van der Waals surface area contributed by atoms with Crippen molar-refractivity contribution in [2.24, 2.45) is 0 Å². The monoisotopic (exact) mass is 583 g/mol. The van der Waals surface area contributed by atoms with E-state index in [0.29, 0.717) is 6.07 Å². The molecule has 0 radical (unpaired) electrons. The molecule has 1 aliphatic rings. The van der Waals surface area contributed by atoms with Gasteiger partial charge in [-0.3, -0.25) is 10.1 Å². The minimum atomic E-state index is -5.25. The molecule has 3 heterocycles. The third-order valence-corrected chi connectivity index (χ3v) is 5.74. The van der Waals surface area contributed by atoms with Crippen molar-refractivity contribution >= 4 is 23.6 Å². The molecule has 0 spiro atoms. The van der Waals surface area contributed by atoms with Crippen molar-refractivity contribution in [1.82, 2.24) is 15.2 Å². The van der Waals surface area contributed by atoms with Crippen molar-refractivity contribution in [3.8, 4) is 11.6 Å². The molecule has 0 saturated heterocycles. The van der Waals surface area contributed by atoms with Crippen LogP contribution in [0.2, 0.25) is 0 Å². The maximum Gasteiger partial charge on any atom is 0.426 e. The highest BCUT2D eigenvalue weighted by Gasteiger charge is 2.58. The Labute approximate surface area is 223 Å². The zero-order valence-corrected chi connectivity index (χ0v) is 21.6. The largest absolute Gasteiger partial charge is 0.480 e. The number of pyridine rings is 1. The summed E-state index contributed by atoms with van der Waals surface area (Å²) in [6.45, 7) is 3.29. The summed E-state index contributed by atoms with van der Waals surface area (Å²) < 4.78 is 94.4. The Morgan fingerprint density at radius 1 is 1.10 bits per heavy atom. The lowest BCUT2D eigenvalue weighted by molar-refractivity contribution is -0.277. The number of carboxylic acids is 1. The van der Waals surface area contributed by atoms with Gasteiger partial charge in [0.25, 0.3) is 11.8 Å². The number of aromatic nitrogens is 3. The number of carboxylic acid groups (broad SMARTS) is 1. The van der Waals surface area contributed by atoms with E-state index in [1.54, 1.807) is 0 Å². The molecule has 1 atom stereocenters. The first-order chi connectivity index (χ1) is 18.3. The van der Waals surface area contributed by atoms with Crippen molar-refractivity contribution in [2.75, 3.05) is 23.3 Å². The molecule has 4 bridgehead atoms. The molecule has 0 aromatic carbocycles. The minimum absolute atomic E-state index is 0.0995. The van der Waals surface area contributed by atoms with Crippen LogP contribution in [0.5, 0.6) is 0 Å². The normalized spacial score (nSPS) is 19.1. The molecule has 1 amide bonds. The summed E-state index contributed by atoms with van der Waals surface area (Å²) in [5, 5.41) is 28.7. The number of rotatable bonds is 3. The predicted molar refractivity (Wildman–Crippen MR) is 125 cm³/mol. The van der Waals surface area contributed by atoms with Gasteiger partial charge in [-0.1, -0.05) is 12.8 Å². The van der Waals surface area contributed by atoms with Crippen LogP contribution in [0.4, 0.5) is 42.6 Å². The van der Waals surface area contributed by atoms with Crippen LogP contribution < -0.4 is 10.2 Å². The van der Waals surface area contributed by atoms with Gasteiger partial charge >= 0.3 is 24.4 Å². The summed E-state index contributed by atoms with van der Waals surface area (Å²) in [4.78, 5) is 28.7. The van der Waals surface area contributed by atoms with Crippen molar-refractivity contribution in [2.45, 2.75) is 76.4 Å². The van der Waals surface area contributed by atoms with Gasteiger partial charge in [0, 0.05) is 6.54 Å². The number of nitrogens with one attached hydrogen (secondary N) is 1. The van der Waals surface area contributed by atoms with E-state index in [4.69, 9.17) is 9.15 Å². The standard InChI is InChI=1S/C23H27F6N5O6/c1-20(2,3)40-19(37)30-13-10-12(22(24,25)26)16-31-15(13)17-32-33-18(39-17)21(38,23(27,28)29)8-6-4-5-7-9-34(16)11-14(35)36/h10,38H,4-9,11H2,1-3H3,(H,30,37)(H,35,36). The summed E-state index contributed by atoms with van der Waals surface area (Å²) in [5.41, 5.74) is -7.52. The lowest BCUT2D eigenvalue weighted by atomic mass is 9.95. The van der Waals surface area contributed by atoms with E-state index in [1.807, 2.05) is 0 Å². The van der Waals surface area contributed by atoms with Gasteiger partial charge in [0.05, 0.1) is 5.69 Å². The van der Waals surface area contributed by atoms with Crippen molar-refractivity contribution in [1.29, 1.82) is 0 Å². The average molecular weight is 583 g/mol. The number of hydrogen-bond acceptors (Lipinski definition) is 9. The van der Waals surface area contributed by atoms with Crippen molar-refractivity contribution in [3.05, 3.63) is 17.5 Å². The van der Waals surface area contributed by atoms with Gasteiger partial charge in [0.2, 0.25) is 5.60 Å². The number of nitrogens with zero attached hydrogens (tertiary/aromatic N) is 4. The molecular formula is C23H27F6N5O6. The Morgan fingerprint density at radius 2 is 1.75 bits per heavy atom. The first-order valence-electron chi connectivity index (χ1n) is 12.0. The molecule has 2 aromatic rings. The number of aliphatic carboxylic acids is 1. The van der Waals surface area contributed by atoms with Gasteiger partial charge in [-0.25, -0.2) is 9.78 Å². The van der Waals surface area contributed by atoms with E-state index < -0.39 is 83.1 Å². The van der Waals surface area contributed by atoms with Crippen LogP contribution in [0.15, 0.2) is 10.5 Å². The Morgan fingerprint density at radius 3 is 2.33 bits per heavy atom. The quantitative estimate of drug-likeness (QED) is 0.416. The molecule has 3 rings (SSSR count). The molecular weight excluding hydrogens is 556 g/mol. The zero-order valence-electron chi connectivity index (χ0n) is 21.6. The summed E-state index contributed by atoms with van der Waals surface area (Å²) in [7, 11) is 0. The van der Waals surface area contributed by atoms with Crippen LogP contribution in [0, 0.1) is 0 Å². The third kappa shape index (κ3) is 7.11. The molecule has 1 unspecified atom stereocenters. The number of halogens is 6. The second kappa shape index (κ2) is 11.1. The first-order valence-corrected chi connectivity index (χ1v) is 12.0. The molecule has 2 aromatic heterocycles. The van der Waals surface area contributed by atoms with Gasteiger partial charge in [-0.05, 0) is 46.1 Å². The lowest BCUT2D eigenvalue weighted by Crippen LogP contribution is -2.42. The van der Waals surface area contributed by atoms with Crippen LogP contribution >= 0.6 is 0 Å². The maximum atomic E-state index is 14.2. The highest BCUT2D eigenvalue weighted by atomic mass is 19.4. The maximum absolute atomic E-state index is 14.2. The number of anilines is 2. The number of amides is 1. The molecule has 0 saturated carbocycles. The smallest absolute Gasteiger partial charge is 0.426 e. The molecule has 3 N–H and O–H groups in total. The highest BCUT2D eigenvalue weighted by Crippen LogP contribution is 2.45. The number of fused-ring (bicyclic) bond motifs is 5. The van der Waals surface area contributed by atoms with Crippen molar-refractivity contribution in [3.63, 3.8) is 0 Å². The zero-order chi connectivity index (χ0) is 30.1. The van der Waals surface area contributed by atoms with Gasteiger partial charge in [0.15, 0.2) is 5.69 Å². The third-order valence-electron chi connectivity index (χ3n) is 5.74. The number of aliphatic hydroxyl groups is 1. The van der Waals surface area contributed by atoms with E-state index in [0.717, 1.165) is 4.90 Å². The van der Waals surface area contributed by atoms with Crippen LogP contribution in [-0.4, -0.2) is 62.3 Å². The Bertz CT molecular complexity index is 1240. The van der Waals surface area contributed by atoms with E-state index in [9.17, 15) is 46.1 Å². The first kappa shape index (κ1) is 30.9. The number of ether oxygens (including phenoxy) is 1. The summed E-state index contributed by atoms with van der Waals surface area (Å²) >= 11 is 0. The summed E-state index contributed by atoms with van der Waals surface area (Å²) in [6.07, 6.45) is -12.2. The topological polar surface area (TPSA) is 151 Å². The van der Waals surface area contributed by atoms with E-state index in [2.05, 4.69) is 20.5 Å². The summed E-state index contributed by atoms with van der Waals surface area (Å²) in [5.74, 6) is -4.50. The van der Waals surface area contributed by atoms with Gasteiger partial charge in [0.1, 0.15) is 23.5 Å². The lowest BCUT2D eigenvalue weighted by Gasteiger charge is -2.28.